The first-order chi connectivity index (χ1) is 16.8. The monoisotopic (exact) mass is 505 g/mol. The van der Waals surface area contributed by atoms with Gasteiger partial charge < -0.3 is 14.9 Å². The lowest BCUT2D eigenvalue weighted by atomic mass is 9.84. The first-order valence-electron chi connectivity index (χ1n) is 12.5. The molecule has 8 nitrogen and oxygen atoms in total. The normalized spacial score (nSPS) is 25.1. The molecule has 2 amide bonds. The molecule has 0 saturated carbocycles. The van der Waals surface area contributed by atoms with Crippen LogP contribution in [0.1, 0.15) is 44.1 Å². The average Bonchev–Trinajstić information content (AvgIpc) is 3.49. The maximum absolute atomic E-state index is 13.7. The molecule has 5 rings (SSSR count). The van der Waals surface area contributed by atoms with Crippen molar-refractivity contribution in [1.82, 2.24) is 20.2 Å². The molecule has 1 unspecified atom stereocenters. The van der Waals surface area contributed by atoms with Crippen LogP contribution in [0.25, 0.3) is 0 Å². The van der Waals surface area contributed by atoms with Crippen molar-refractivity contribution in [2.45, 2.75) is 62.8 Å². The van der Waals surface area contributed by atoms with Crippen molar-refractivity contribution in [1.29, 1.82) is 0 Å². The predicted octanol–water partition coefficient (Wildman–Crippen LogP) is 3.62. The van der Waals surface area contributed by atoms with Crippen LogP contribution in [0.2, 0.25) is 5.02 Å². The van der Waals surface area contributed by atoms with Gasteiger partial charge in [-0.05, 0) is 68.8 Å². The molecule has 1 aromatic rings. The smallest absolute Gasteiger partial charge is 0.338 e. The van der Waals surface area contributed by atoms with Crippen LogP contribution in [0.4, 0.5) is 14.9 Å². The van der Waals surface area contributed by atoms with Crippen LogP contribution >= 0.6 is 11.6 Å². The van der Waals surface area contributed by atoms with Gasteiger partial charge >= 0.3 is 12.0 Å². The van der Waals surface area contributed by atoms with Crippen molar-refractivity contribution in [3.63, 3.8) is 0 Å². The topological polar surface area (TPSA) is 79.4 Å². The third-order valence-electron chi connectivity index (χ3n) is 8.06. The number of likely N-dealkylation sites (tertiary alicyclic amines) is 2. The van der Waals surface area contributed by atoms with E-state index in [1.54, 1.807) is 4.90 Å². The number of amides is 2. The highest BCUT2D eigenvalue weighted by molar-refractivity contribution is 6.30. The Hall–Kier alpha value is -2.36. The number of carboxylic acids is 1. The highest BCUT2D eigenvalue weighted by Crippen LogP contribution is 2.41. The maximum atomic E-state index is 13.7. The first-order valence-corrected chi connectivity index (χ1v) is 12.9. The Morgan fingerprint density at radius 1 is 1.11 bits per heavy atom. The fourth-order valence-electron chi connectivity index (χ4n) is 6.00. The van der Waals surface area contributed by atoms with E-state index in [0.717, 1.165) is 44.5 Å². The zero-order valence-corrected chi connectivity index (χ0v) is 20.6. The number of carbonyl (C=O) groups excluding carboxylic acids is 1. The number of halogens is 2. The zero-order valence-electron chi connectivity index (χ0n) is 19.8. The fraction of sp³-hybridized carbons (Fsp3) is 0.600. The van der Waals surface area contributed by atoms with Crippen molar-refractivity contribution in [3.05, 3.63) is 41.1 Å². The predicted molar refractivity (Wildman–Crippen MR) is 132 cm³/mol. The minimum atomic E-state index is -1.01. The number of alkyl halides is 1. The summed E-state index contributed by atoms with van der Waals surface area (Å²) in [7, 11) is 0. The van der Waals surface area contributed by atoms with Crippen molar-refractivity contribution in [3.8, 4) is 0 Å². The molecule has 1 spiro atoms. The molecule has 0 radical (unpaired) electrons. The van der Waals surface area contributed by atoms with Crippen LogP contribution in [-0.4, -0.2) is 82.4 Å². The van der Waals surface area contributed by atoms with E-state index >= 15 is 0 Å². The first kappa shape index (κ1) is 24.3. The molecule has 4 heterocycles. The van der Waals surface area contributed by atoms with Crippen molar-refractivity contribution < 1.29 is 19.1 Å². The van der Waals surface area contributed by atoms with Crippen LogP contribution in [0.15, 0.2) is 30.5 Å². The number of carboxylic acid groups (broad SMARTS) is 1. The van der Waals surface area contributed by atoms with Crippen LogP contribution in [-0.2, 0) is 11.3 Å². The van der Waals surface area contributed by atoms with Gasteiger partial charge in [0.05, 0.1) is 0 Å². The van der Waals surface area contributed by atoms with E-state index in [1.165, 1.54) is 22.8 Å². The molecule has 4 aliphatic rings. The lowest BCUT2D eigenvalue weighted by molar-refractivity contribution is -0.138. The molecule has 4 aliphatic heterocycles. The Balaban J connectivity index is 1.24. The molecule has 0 aromatic heterocycles. The largest absolute Gasteiger partial charge is 0.480 e. The molecule has 3 saturated heterocycles. The number of piperidine rings is 2. The molecule has 0 aliphatic carbocycles. The number of rotatable bonds is 4. The van der Waals surface area contributed by atoms with E-state index in [2.05, 4.69) is 21.3 Å². The summed E-state index contributed by atoms with van der Waals surface area (Å²) in [5.74, 6) is -1.01. The third-order valence-corrected chi connectivity index (χ3v) is 8.29. The summed E-state index contributed by atoms with van der Waals surface area (Å²) in [6.07, 6.45) is 7.37. The third kappa shape index (κ3) is 4.99. The Bertz CT molecular complexity index is 991. The SMILES string of the molecule is O=C(O)C1C=CN(C(=O)N2CCC3(CCCN3Cc3ccc(Cl)cc3N3CCC(F)CC3)CC2)N1. The number of nitrogens with zero attached hydrogens (tertiary/aromatic N) is 4. The Morgan fingerprint density at radius 2 is 1.86 bits per heavy atom. The molecule has 190 valence electrons. The van der Waals surface area contributed by atoms with Gasteiger partial charge in [0, 0.05) is 55.2 Å². The molecule has 35 heavy (non-hydrogen) atoms. The molecule has 0 bridgehead atoms. The molecular weight excluding hydrogens is 473 g/mol. The summed E-state index contributed by atoms with van der Waals surface area (Å²) >= 11 is 6.35. The van der Waals surface area contributed by atoms with Crippen LogP contribution in [0.5, 0.6) is 0 Å². The van der Waals surface area contributed by atoms with Crippen molar-refractivity contribution in [2.75, 3.05) is 37.6 Å². The standard InChI is InChI=1S/C25H33ClFN5O3/c26-19-3-2-18(22(16-19)29-11-4-20(27)5-12-29)17-31-10-1-7-25(31)8-14-30(15-9-25)24(35)32-13-6-21(28-32)23(33)34/h2-3,6,13,16,20-21,28H,1,4-5,7-12,14-15,17H2,(H,33,34). The van der Waals surface area contributed by atoms with E-state index in [4.69, 9.17) is 16.7 Å². The summed E-state index contributed by atoms with van der Waals surface area (Å²) in [5, 5.41) is 11.1. The van der Waals surface area contributed by atoms with Gasteiger partial charge in [0.15, 0.2) is 0 Å². The van der Waals surface area contributed by atoms with E-state index in [-0.39, 0.29) is 11.6 Å². The summed E-state index contributed by atoms with van der Waals surface area (Å²) in [5.41, 5.74) is 5.10. The van der Waals surface area contributed by atoms with Gasteiger partial charge in [-0.1, -0.05) is 17.7 Å². The number of aliphatic carboxylic acids is 1. The number of hydrogen-bond acceptors (Lipinski definition) is 5. The van der Waals surface area contributed by atoms with Crippen molar-refractivity contribution >= 4 is 29.3 Å². The number of carbonyl (C=O) groups is 2. The fourth-order valence-corrected chi connectivity index (χ4v) is 6.16. The average molecular weight is 506 g/mol. The second-order valence-corrected chi connectivity index (χ2v) is 10.5. The highest BCUT2D eigenvalue weighted by atomic mass is 35.5. The summed E-state index contributed by atoms with van der Waals surface area (Å²) in [4.78, 5) is 30.7. The van der Waals surface area contributed by atoms with Gasteiger partial charge in [0.25, 0.3) is 0 Å². The number of urea groups is 1. The van der Waals surface area contributed by atoms with Gasteiger partial charge in [-0.25, -0.2) is 19.6 Å². The molecule has 3 fully saturated rings. The van der Waals surface area contributed by atoms with Crippen LogP contribution < -0.4 is 10.3 Å². The molecular formula is C25H33ClFN5O3. The molecule has 1 aromatic carbocycles. The number of hydrogen-bond donors (Lipinski definition) is 2. The van der Waals surface area contributed by atoms with Crippen LogP contribution in [0, 0.1) is 0 Å². The maximum Gasteiger partial charge on any atom is 0.338 e. The van der Waals surface area contributed by atoms with E-state index in [1.807, 2.05) is 12.1 Å². The zero-order chi connectivity index (χ0) is 24.6. The Labute approximate surface area is 210 Å². The Morgan fingerprint density at radius 3 is 2.54 bits per heavy atom. The van der Waals surface area contributed by atoms with E-state index in [9.17, 15) is 14.0 Å². The lowest BCUT2D eigenvalue weighted by Crippen LogP contribution is -2.56. The quantitative estimate of drug-likeness (QED) is 0.650. The Kier molecular flexibility index (Phi) is 6.92. The molecule has 1 atom stereocenters. The second-order valence-electron chi connectivity index (χ2n) is 10.1. The summed E-state index contributed by atoms with van der Waals surface area (Å²) in [6, 6.07) is 4.98. The number of anilines is 1. The van der Waals surface area contributed by atoms with Crippen molar-refractivity contribution in [2.24, 2.45) is 0 Å². The minimum Gasteiger partial charge on any atom is -0.480 e. The number of nitrogens with one attached hydrogen (secondary N) is 1. The van der Waals surface area contributed by atoms with Gasteiger partial charge in [-0.15, -0.1) is 0 Å². The minimum absolute atomic E-state index is 0.0531. The van der Waals surface area contributed by atoms with E-state index in [0.29, 0.717) is 44.0 Å². The molecule has 10 heteroatoms. The number of hydrazine groups is 1. The van der Waals surface area contributed by atoms with Gasteiger partial charge in [0.2, 0.25) is 0 Å². The van der Waals surface area contributed by atoms with E-state index < -0.39 is 18.2 Å². The summed E-state index contributed by atoms with van der Waals surface area (Å²) in [6.45, 7) is 4.51. The number of benzene rings is 1. The second kappa shape index (κ2) is 9.95. The van der Waals surface area contributed by atoms with Crippen LogP contribution in [0.3, 0.4) is 0 Å². The molecule has 2 N–H and O–H groups in total. The van der Waals surface area contributed by atoms with Gasteiger partial charge in [0.1, 0.15) is 12.2 Å². The summed E-state index contributed by atoms with van der Waals surface area (Å²) < 4.78 is 13.7. The lowest BCUT2D eigenvalue weighted by Gasteiger charge is -2.46. The highest BCUT2D eigenvalue weighted by Gasteiger charge is 2.44. The van der Waals surface area contributed by atoms with Gasteiger partial charge in [-0.3, -0.25) is 9.69 Å². The van der Waals surface area contributed by atoms with Gasteiger partial charge in [-0.2, -0.15) is 0 Å².